The third-order valence-corrected chi connectivity index (χ3v) is 5.80. The van der Waals surface area contributed by atoms with Crippen LogP contribution >= 0.6 is 12.4 Å². The fourth-order valence-corrected chi connectivity index (χ4v) is 3.73. The van der Waals surface area contributed by atoms with Gasteiger partial charge in [-0.1, -0.05) is 19.9 Å². The van der Waals surface area contributed by atoms with Crippen LogP contribution in [0.3, 0.4) is 0 Å². The molecule has 0 aromatic heterocycles. The molecular formula is C15H25ClN2O2S. The summed E-state index contributed by atoms with van der Waals surface area (Å²) in [6.07, 6.45) is 4.64. The summed E-state index contributed by atoms with van der Waals surface area (Å²) in [5.41, 5.74) is 8.12. The molecule has 0 saturated heterocycles. The molecule has 1 aromatic carbocycles. The Balaban J connectivity index is 0.00000220. The molecule has 1 aliphatic rings. The monoisotopic (exact) mass is 332 g/mol. The van der Waals surface area contributed by atoms with E-state index in [0.717, 1.165) is 37.7 Å². The lowest BCUT2D eigenvalue weighted by molar-refractivity contribution is 0.392. The molecule has 0 bridgehead atoms. The van der Waals surface area contributed by atoms with Gasteiger partial charge in [0, 0.05) is 12.1 Å². The molecule has 0 unspecified atom stereocenters. The molecule has 0 radical (unpaired) electrons. The van der Waals surface area contributed by atoms with E-state index in [1.807, 2.05) is 19.9 Å². The van der Waals surface area contributed by atoms with Crippen molar-refractivity contribution in [1.82, 2.24) is 4.72 Å². The first-order valence-corrected chi connectivity index (χ1v) is 8.79. The highest BCUT2D eigenvalue weighted by Crippen LogP contribution is 2.24. The van der Waals surface area contributed by atoms with Gasteiger partial charge in [-0.15, -0.1) is 12.4 Å². The predicted molar refractivity (Wildman–Crippen MR) is 88.4 cm³/mol. The molecule has 0 amide bonds. The maximum absolute atomic E-state index is 12.3. The third kappa shape index (κ3) is 4.19. The van der Waals surface area contributed by atoms with E-state index in [1.165, 1.54) is 5.56 Å². The molecular weight excluding hydrogens is 308 g/mol. The molecule has 3 N–H and O–H groups in total. The minimum Gasteiger partial charge on any atom is -0.324 e. The number of nitrogens with one attached hydrogen (secondary N) is 1. The average molecular weight is 333 g/mol. The minimum atomic E-state index is -3.47. The molecule has 1 aromatic rings. The van der Waals surface area contributed by atoms with Crippen LogP contribution in [-0.2, 0) is 22.9 Å². The Labute approximate surface area is 134 Å². The zero-order valence-corrected chi connectivity index (χ0v) is 14.3. The molecule has 1 aliphatic carbocycles. The summed E-state index contributed by atoms with van der Waals surface area (Å²) in [5.74, 6) is 0. The summed E-state index contributed by atoms with van der Waals surface area (Å²) in [7, 11) is -3.47. The first-order chi connectivity index (χ1) is 9.40. The molecule has 0 fully saturated rings. The van der Waals surface area contributed by atoms with Crippen molar-refractivity contribution < 1.29 is 8.42 Å². The number of aryl methyl sites for hydroxylation is 2. The van der Waals surface area contributed by atoms with E-state index in [-0.39, 0.29) is 19.0 Å². The van der Waals surface area contributed by atoms with Crippen molar-refractivity contribution in [1.29, 1.82) is 0 Å². The first kappa shape index (κ1) is 18.4. The number of halogens is 1. The zero-order chi connectivity index (χ0) is 14.8. The average Bonchev–Trinajstić information content (AvgIpc) is 2.92. The fourth-order valence-electron chi connectivity index (χ4n) is 2.54. The molecule has 0 saturated carbocycles. The van der Waals surface area contributed by atoms with Crippen LogP contribution in [0.15, 0.2) is 23.1 Å². The number of hydrogen-bond donors (Lipinski definition) is 2. The van der Waals surface area contributed by atoms with Gasteiger partial charge in [0.1, 0.15) is 0 Å². The number of fused-ring (bicyclic) bond motifs is 1. The van der Waals surface area contributed by atoms with Gasteiger partial charge in [-0.3, -0.25) is 0 Å². The Morgan fingerprint density at radius 3 is 2.43 bits per heavy atom. The summed E-state index contributed by atoms with van der Waals surface area (Å²) in [6, 6.07) is 5.44. The van der Waals surface area contributed by atoms with E-state index in [1.54, 1.807) is 12.1 Å². The summed E-state index contributed by atoms with van der Waals surface area (Å²) in [5, 5.41) is 0. The van der Waals surface area contributed by atoms with E-state index < -0.39 is 15.6 Å². The molecule has 0 heterocycles. The highest BCUT2D eigenvalue weighted by molar-refractivity contribution is 7.89. The number of hydrogen-bond acceptors (Lipinski definition) is 3. The maximum Gasteiger partial charge on any atom is 0.240 e. The standard InChI is InChI=1S/C15H24N2O2S.ClH/c1-3-15(16,4-2)11-17-20(18,19)14-9-8-12-6-5-7-13(12)10-14;/h8-10,17H,3-7,11,16H2,1-2H3;1H. The van der Waals surface area contributed by atoms with Gasteiger partial charge in [0.2, 0.25) is 10.0 Å². The summed E-state index contributed by atoms with van der Waals surface area (Å²) < 4.78 is 27.3. The van der Waals surface area contributed by atoms with Crippen molar-refractivity contribution in [3.8, 4) is 0 Å². The normalized spacial score (nSPS) is 14.6. The number of benzene rings is 1. The lowest BCUT2D eigenvalue weighted by Crippen LogP contribution is -2.49. The molecule has 0 aliphatic heterocycles. The Hall–Kier alpha value is -0.620. The highest BCUT2D eigenvalue weighted by atomic mass is 35.5. The van der Waals surface area contributed by atoms with Gasteiger partial charge in [0.05, 0.1) is 4.90 Å². The van der Waals surface area contributed by atoms with E-state index in [2.05, 4.69) is 4.72 Å². The lowest BCUT2D eigenvalue weighted by Gasteiger charge is -2.26. The van der Waals surface area contributed by atoms with Crippen molar-refractivity contribution in [2.24, 2.45) is 5.73 Å². The number of nitrogens with two attached hydrogens (primary N) is 1. The summed E-state index contributed by atoms with van der Waals surface area (Å²) in [4.78, 5) is 0.354. The van der Waals surface area contributed by atoms with Crippen molar-refractivity contribution in [2.75, 3.05) is 6.54 Å². The van der Waals surface area contributed by atoms with Crippen LogP contribution in [0.25, 0.3) is 0 Å². The van der Waals surface area contributed by atoms with Gasteiger partial charge in [-0.05, 0) is 55.4 Å². The highest BCUT2D eigenvalue weighted by Gasteiger charge is 2.24. The fraction of sp³-hybridized carbons (Fsp3) is 0.600. The smallest absolute Gasteiger partial charge is 0.240 e. The van der Waals surface area contributed by atoms with Crippen molar-refractivity contribution in [2.45, 2.75) is 56.4 Å². The Morgan fingerprint density at radius 1 is 1.19 bits per heavy atom. The summed E-state index contributed by atoms with van der Waals surface area (Å²) >= 11 is 0. The molecule has 4 nitrogen and oxygen atoms in total. The molecule has 21 heavy (non-hydrogen) atoms. The van der Waals surface area contributed by atoms with E-state index in [4.69, 9.17) is 5.73 Å². The van der Waals surface area contributed by atoms with Gasteiger partial charge < -0.3 is 5.73 Å². The molecule has 0 atom stereocenters. The van der Waals surface area contributed by atoms with Crippen LogP contribution in [0, 0.1) is 0 Å². The number of sulfonamides is 1. The van der Waals surface area contributed by atoms with E-state index in [9.17, 15) is 8.42 Å². The number of rotatable bonds is 6. The van der Waals surface area contributed by atoms with Gasteiger partial charge in [0.25, 0.3) is 0 Å². The molecule has 120 valence electrons. The third-order valence-electron chi connectivity index (χ3n) is 4.40. The molecule has 2 rings (SSSR count). The first-order valence-electron chi connectivity index (χ1n) is 7.30. The second kappa shape index (κ2) is 7.09. The topological polar surface area (TPSA) is 72.2 Å². The minimum absolute atomic E-state index is 0. The van der Waals surface area contributed by atoms with Crippen LogP contribution in [0.2, 0.25) is 0 Å². The van der Waals surface area contributed by atoms with Crippen molar-refractivity contribution >= 4 is 22.4 Å². The second-order valence-corrected chi connectivity index (χ2v) is 7.45. The quantitative estimate of drug-likeness (QED) is 0.840. The maximum atomic E-state index is 12.3. The largest absolute Gasteiger partial charge is 0.324 e. The van der Waals surface area contributed by atoms with Gasteiger partial charge in [-0.25, -0.2) is 13.1 Å². The lowest BCUT2D eigenvalue weighted by atomic mass is 9.95. The van der Waals surface area contributed by atoms with Gasteiger partial charge in [-0.2, -0.15) is 0 Å². The van der Waals surface area contributed by atoms with Crippen LogP contribution < -0.4 is 10.5 Å². The molecule has 6 heteroatoms. The van der Waals surface area contributed by atoms with Crippen LogP contribution in [0.1, 0.15) is 44.2 Å². The van der Waals surface area contributed by atoms with Crippen molar-refractivity contribution in [3.63, 3.8) is 0 Å². The van der Waals surface area contributed by atoms with Gasteiger partial charge >= 0.3 is 0 Å². The predicted octanol–water partition coefficient (Wildman–Crippen LogP) is 2.39. The second-order valence-electron chi connectivity index (χ2n) is 5.68. The zero-order valence-electron chi connectivity index (χ0n) is 12.7. The van der Waals surface area contributed by atoms with E-state index in [0.29, 0.717) is 4.90 Å². The molecule has 0 spiro atoms. The SMILES string of the molecule is CCC(N)(CC)CNS(=O)(=O)c1ccc2c(c1)CCC2.Cl. The Kier molecular flexibility index (Phi) is 6.23. The Morgan fingerprint density at radius 2 is 1.81 bits per heavy atom. The van der Waals surface area contributed by atoms with Crippen molar-refractivity contribution in [3.05, 3.63) is 29.3 Å². The van der Waals surface area contributed by atoms with Crippen LogP contribution in [0.5, 0.6) is 0 Å². The van der Waals surface area contributed by atoms with Crippen LogP contribution in [-0.4, -0.2) is 20.5 Å². The van der Waals surface area contributed by atoms with Crippen LogP contribution in [0.4, 0.5) is 0 Å². The summed E-state index contributed by atoms with van der Waals surface area (Å²) in [6.45, 7) is 4.24. The van der Waals surface area contributed by atoms with Gasteiger partial charge in [0.15, 0.2) is 0 Å². The van der Waals surface area contributed by atoms with E-state index >= 15 is 0 Å². The Bertz CT molecular complexity index is 583.